The number of nitrogens with one attached hydrogen (secondary N) is 1. The van der Waals surface area contributed by atoms with Gasteiger partial charge in [-0.1, -0.05) is 0 Å². The first kappa shape index (κ1) is 10.3. The fourth-order valence-electron chi connectivity index (χ4n) is 1.51. The SMILES string of the molecule is COC[C@H]1CN(C(=O)O)[C@H](C)CN1. The molecule has 1 saturated heterocycles. The molecule has 0 aromatic carbocycles. The minimum atomic E-state index is -0.852. The summed E-state index contributed by atoms with van der Waals surface area (Å²) < 4.78 is 4.96. The molecule has 1 aliphatic rings. The summed E-state index contributed by atoms with van der Waals surface area (Å²) in [6.07, 6.45) is -0.852. The van der Waals surface area contributed by atoms with E-state index in [4.69, 9.17) is 9.84 Å². The maximum absolute atomic E-state index is 10.8. The predicted octanol–water partition coefficient (Wildman–Crippen LogP) is -0.0269. The van der Waals surface area contributed by atoms with Gasteiger partial charge in [-0.15, -0.1) is 0 Å². The lowest BCUT2D eigenvalue weighted by Gasteiger charge is -2.36. The lowest BCUT2D eigenvalue weighted by molar-refractivity contribution is 0.0791. The normalized spacial score (nSPS) is 28.9. The van der Waals surface area contributed by atoms with Gasteiger partial charge in [0.25, 0.3) is 0 Å². The Morgan fingerprint density at radius 1 is 1.77 bits per heavy atom. The summed E-state index contributed by atoms with van der Waals surface area (Å²) in [6.45, 7) is 3.64. The molecule has 1 amide bonds. The summed E-state index contributed by atoms with van der Waals surface area (Å²) in [4.78, 5) is 12.2. The van der Waals surface area contributed by atoms with E-state index < -0.39 is 6.09 Å². The molecule has 1 aliphatic heterocycles. The number of methoxy groups -OCH3 is 1. The smallest absolute Gasteiger partial charge is 0.407 e. The van der Waals surface area contributed by atoms with Gasteiger partial charge in [0.05, 0.1) is 6.61 Å². The highest BCUT2D eigenvalue weighted by Crippen LogP contribution is 2.06. The molecule has 0 spiro atoms. The Morgan fingerprint density at radius 3 is 3.00 bits per heavy atom. The lowest BCUT2D eigenvalue weighted by Crippen LogP contribution is -2.58. The molecule has 13 heavy (non-hydrogen) atoms. The Hall–Kier alpha value is -0.810. The van der Waals surface area contributed by atoms with Crippen molar-refractivity contribution in [2.24, 2.45) is 0 Å². The molecule has 5 nitrogen and oxygen atoms in total. The van der Waals surface area contributed by atoms with Crippen molar-refractivity contribution in [2.75, 3.05) is 26.8 Å². The topological polar surface area (TPSA) is 61.8 Å². The molecule has 0 aromatic rings. The first-order valence-electron chi connectivity index (χ1n) is 4.37. The van der Waals surface area contributed by atoms with Crippen LogP contribution >= 0.6 is 0 Å². The summed E-state index contributed by atoms with van der Waals surface area (Å²) in [5.74, 6) is 0. The van der Waals surface area contributed by atoms with Crippen molar-refractivity contribution in [1.29, 1.82) is 0 Å². The molecule has 2 atom stereocenters. The lowest BCUT2D eigenvalue weighted by atomic mass is 10.1. The highest BCUT2D eigenvalue weighted by Gasteiger charge is 2.27. The minimum Gasteiger partial charge on any atom is -0.465 e. The van der Waals surface area contributed by atoms with Gasteiger partial charge in [-0.05, 0) is 6.92 Å². The average Bonchev–Trinajstić information content (AvgIpc) is 2.08. The Morgan fingerprint density at radius 2 is 2.46 bits per heavy atom. The van der Waals surface area contributed by atoms with Crippen LogP contribution < -0.4 is 5.32 Å². The third-order valence-electron chi connectivity index (χ3n) is 2.26. The maximum atomic E-state index is 10.8. The van der Waals surface area contributed by atoms with Gasteiger partial charge in [0.2, 0.25) is 0 Å². The van der Waals surface area contributed by atoms with Crippen LogP contribution in [0.3, 0.4) is 0 Å². The fraction of sp³-hybridized carbons (Fsp3) is 0.875. The van der Waals surface area contributed by atoms with Gasteiger partial charge in [0.15, 0.2) is 0 Å². The van der Waals surface area contributed by atoms with E-state index in [1.807, 2.05) is 6.92 Å². The first-order valence-corrected chi connectivity index (χ1v) is 4.37. The number of nitrogens with zero attached hydrogens (tertiary/aromatic N) is 1. The number of ether oxygens (including phenoxy) is 1. The molecule has 0 aliphatic carbocycles. The minimum absolute atomic E-state index is 0.0469. The van der Waals surface area contributed by atoms with Gasteiger partial charge in [-0.2, -0.15) is 0 Å². The van der Waals surface area contributed by atoms with E-state index in [1.165, 1.54) is 4.90 Å². The molecule has 0 radical (unpaired) electrons. The highest BCUT2D eigenvalue weighted by molar-refractivity contribution is 5.65. The Labute approximate surface area is 77.7 Å². The molecule has 5 heteroatoms. The second-order valence-corrected chi connectivity index (χ2v) is 3.34. The van der Waals surface area contributed by atoms with E-state index >= 15 is 0 Å². The molecular formula is C8H16N2O3. The highest BCUT2D eigenvalue weighted by atomic mass is 16.5. The number of hydrogen-bond donors (Lipinski definition) is 2. The van der Waals surface area contributed by atoms with Crippen LogP contribution in [-0.4, -0.2) is 55.0 Å². The average molecular weight is 188 g/mol. The van der Waals surface area contributed by atoms with Crippen LogP contribution in [-0.2, 0) is 4.74 Å². The van der Waals surface area contributed by atoms with E-state index in [0.717, 1.165) is 0 Å². The van der Waals surface area contributed by atoms with Gasteiger partial charge in [0.1, 0.15) is 0 Å². The van der Waals surface area contributed by atoms with Crippen LogP contribution in [0.5, 0.6) is 0 Å². The zero-order chi connectivity index (χ0) is 9.84. The quantitative estimate of drug-likeness (QED) is 0.639. The molecule has 1 rings (SSSR count). The molecule has 0 saturated carbocycles. The number of piperazine rings is 1. The van der Waals surface area contributed by atoms with Crippen molar-refractivity contribution in [3.63, 3.8) is 0 Å². The van der Waals surface area contributed by atoms with Crippen LogP contribution in [0.2, 0.25) is 0 Å². The standard InChI is InChI=1S/C8H16N2O3/c1-6-3-9-7(5-13-2)4-10(6)8(11)12/h6-7,9H,3-5H2,1-2H3,(H,11,12)/t6-,7-/m1/s1. The van der Waals surface area contributed by atoms with Crippen LogP contribution in [0, 0.1) is 0 Å². The molecule has 0 aromatic heterocycles. The number of amides is 1. The van der Waals surface area contributed by atoms with E-state index in [-0.39, 0.29) is 12.1 Å². The van der Waals surface area contributed by atoms with E-state index in [1.54, 1.807) is 7.11 Å². The molecule has 0 bridgehead atoms. The summed E-state index contributed by atoms with van der Waals surface area (Å²) in [5, 5.41) is 12.1. The largest absolute Gasteiger partial charge is 0.465 e. The Balaban J connectivity index is 2.47. The summed E-state index contributed by atoms with van der Waals surface area (Å²) in [7, 11) is 1.62. The molecule has 2 N–H and O–H groups in total. The van der Waals surface area contributed by atoms with Gasteiger partial charge in [-0.3, -0.25) is 0 Å². The molecule has 1 heterocycles. The Kier molecular flexibility index (Phi) is 3.50. The predicted molar refractivity (Wildman–Crippen MR) is 47.9 cm³/mol. The maximum Gasteiger partial charge on any atom is 0.407 e. The summed E-state index contributed by atoms with van der Waals surface area (Å²) in [6, 6.07) is 0.169. The molecule has 1 fully saturated rings. The van der Waals surface area contributed by atoms with Crippen LogP contribution in [0.25, 0.3) is 0 Å². The van der Waals surface area contributed by atoms with Crippen molar-refractivity contribution in [2.45, 2.75) is 19.0 Å². The van der Waals surface area contributed by atoms with E-state index in [0.29, 0.717) is 19.7 Å². The van der Waals surface area contributed by atoms with E-state index in [2.05, 4.69) is 5.32 Å². The number of rotatable bonds is 2. The third kappa shape index (κ3) is 2.57. The van der Waals surface area contributed by atoms with Crippen molar-refractivity contribution in [3.8, 4) is 0 Å². The molecule has 76 valence electrons. The van der Waals surface area contributed by atoms with Crippen molar-refractivity contribution in [1.82, 2.24) is 10.2 Å². The number of carboxylic acid groups (broad SMARTS) is 1. The summed E-state index contributed by atoms with van der Waals surface area (Å²) >= 11 is 0. The Bertz CT molecular complexity index is 186. The second kappa shape index (κ2) is 4.43. The second-order valence-electron chi connectivity index (χ2n) is 3.34. The van der Waals surface area contributed by atoms with Crippen LogP contribution in [0.15, 0.2) is 0 Å². The first-order chi connectivity index (χ1) is 6.15. The van der Waals surface area contributed by atoms with Crippen LogP contribution in [0.4, 0.5) is 4.79 Å². The van der Waals surface area contributed by atoms with Crippen molar-refractivity contribution >= 4 is 6.09 Å². The molecule has 0 unspecified atom stereocenters. The monoisotopic (exact) mass is 188 g/mol. The van der Waals surface area contributed by atoms with Gasteiger partial charge in [0, 0.05) is 32.3 Å². The third-order valence-corrected chi connectivity index (χ3v) is 2.26. The van der Waals surface area contributed by atoms with E-state index in [9.17, 15) is 4.79 Å². The van der Waals surface area contributed by atoms with Crippen molar-refractivity contribution in [3.05, 3.63) is 0 Å². The molecular weight excluding hydrogens is 172 g/mol. The van der Waals surface area contributed by atoms with Crippen LogP contribution in [0.1, 0.15) is 6.92 Å². The van der Waals surface area contributed by atoms with Crippen molar-refractivity contribution < 1.29 is 14.6 Å². The fourth-order valence-corrected chi connectivity index (χ4v) is 1.51. The van der Waals surface area contributed by atoms with Gasteiger partial charge < -0.3 is 20.1 Å². The zero-order valence-corrected chi connectivity index (χ0v) is 7.99. The zero-order valence-electron chi connectivity index (χ0n) is 7.99. The number of carbonyl (C=O) groups is 1. The number of hydrogen-bond acceptors (Lipinski definition) is 3. The summed E-state index contributed by atoms with van der Waals surface area (Å²) in [5.41, 5.74) is 0. The van der Waals surface area contributed by atoms with Gasteiger partial charge in [-0.25, -0.2) is 4.79 Å². The van der Waals surface area contributed by atoms with Gasteiger partial charge >= 0.3 is 6.09 Å².